The Labute approximate surface area is 114 Å². The zero-order valence-electron chi connectivity index (χ0n) is 10.9. The number of morpholine rings is 1. The molecule has 7 heteroatoms. The van der Waals surface area contributed by atoms with Gasteiger partial charge in [-0.25, -0.2) is 0 Å². The van der Waals surface area contributed by atoms with Gasteiger partial charge in [-0.15, -0.1) is 0 Å². The van der Waals surface area contributed by atoms with Crippen LogP contribution in [0.15, 0.2) is 24.3 Å². The molecule has 1 atom stereocenters. The summed E-state index contributed by atoms with van der Waals surface area (Å²) in [4.78, 5) is 8.78. The maximum atomic E-state index is 10.5. The largest absolute Gasteiger partial charge is 0.542 e. The third-order valence-electron chi connectivity index (χ3n) is 2.75. The van der Waals surface area contributed by atoms with Crippen molar-refractivity contribution in [3.63, 3.8) is 0 Å². The molecule has 1 aliphatic rings. The number of hydrogen-bond donors (Lipinski definition) is 1. The van der Waals surface area contributed by atoms with Gasteiger partial charge in [0.15, 0.2) is 0 Å². The Hall–Kier alpha value is -1.60. The van der Waals surface area contributed by atoms with Crippen LogP contribution in [-0.2, 0) is 9.53 Å². The number of rotatable bonds is 1. The van der Waals surface area contributed by atoms with E-state index in [1.807, 2.05) is 0 Å². The van der Waals surface area contributed by atoms with Crippen LogP contribution in [0.1, 0.15) is 17.2 Å². The van der Waals surface area contributed by atoms with E-state index in [2.05, 4.69) is 36.5 Å². The molecule has 1 aromatic rings. The molecule has 1 aliphatic heterocycles. The van der Waals surface area contributed by atoms with E-state index in [1.54, 1.807) is 0 Å². The molecule has 1 aromatic carbocycles. The molecule has 0 aromatic heterocycles. The van der Waals surface area contributed by atoms with E-state index in [0.29, 0.717) is 6.04 Å². The van der Waals surface area contributed by atoms with Crippen molar-refractivity contribution in [2.75, 3.05) is 19.8 Å². The molecule has 0 spiro atoms. The Morgan fingerprint density at radius 1 is 1.35 bits per heavy atom. The number of carbonyl (C=O) groups excluding carboxylic acids is 1. The SMILES string of the molecule is Cc1ccc(C2COCC[NH2+]2)cc1.O=C([O-])C(F)(F)F. The standard InChI is InChI=1S/C11H15NO.C2HF3O2/c1-9-2-4-10(5-3-9)11-8-13-7-6-12-11;3-2(4,5)1(6)7/h2-5,11-12H,6-8H2,1H3;(H,6,7). The fourth-order valence-electron chi connectivity index (χ4n) is 1.68. The summed E-state index contributed by atoms with van der Waals surface area (Å²) in [6.07, 6.45) is -5.19. The van der Waals surface area contributed by atoms with Crippen LogP contribution in [0.25, 0.3) is 0 Å². The van der Waals surface area contributed by atoms with Crippen molar-refractivity contribution in [1.29, 1.82) is 0 Å². The van der Waals surface area contributed by atoms with Crippen molar-refractivity contribution in [3.8, 4) is 0 Å². The lowest BCUT2D eigenvalue weighted by Gasteiger charge is -2.20. The summed E-state index contributed by atoms with van der Waals surface area (Å²) >= 11 is 0. The molecular weight excluding hydrogens is 275 g/mol. The van der Waals surface area contributed by atoms with Crippen molar-refractivity contribution in [1.82, 2.24) is 0 Å². The average Bonchev–Trinajstić information content (AvgIpc) is 2.40. The molecular formula is C13H16F3NO3. The Morgan fingerprint density at radius 2 is 1.90 bits per heavy atom. The van der Waals surface area contributed by atoms with Gasteiger partial charge in [-0.1, -0.05) is 29.8 Å². The number of ether oxygens (including phenoxy) is 1. The summed E-state index contributed by atoms with van der Waals surface area (Å²) in [5.41, 5.74) is 2.70. The minimum atomic E-state index is -5.19. The van der Waals surface area contributed by atoms with E-state index in [4.69, 9.17) is 14.6 Å². The maximum absolute atomic E-state index is 10.5. The fourth-order valence-corrected chi connectivity index (χ4v) is 1.68. The number of halogens is 3. The molecule has 0 amide bonds. The topological polar surface area (TPSA) is 66.0 Å². The summed E-state index contributed by atoms with van der Waals surface area (Å²) in [6, 6.07) is 9.24. The number of carbonyl (C=O) groups is 1. The predicted octanol–water partition coefficient (Wildman–Crippen LogP) is -0.0717. The minimum Gasteiger partial charge on any atom is -0.542 e. The van der Waals surface area contributed by atoms with E-state index in [1.165, 1.54) is 11.1 Å². The highest BCUT2D eigenvalue weighted by atomic mass is 19.4. The predicted molar refractivity (Wildman–Crippen MR) is 62.6 cm³/mol. The molecule has 2 N–H and O–H groups in total. The van der Waals surface area contributed by atoms with Crippen LogP contribution >= 0.6 is 0 Å². The molecule has 0 bridgehead atoms. The number of carboxylic acids is 1. The smallest absolute Gasteiger partial charge is 0.430 e. The van der Waals surface area contributed by atoms with Crippen molar-refractivity contribution in [2.24, 2.45) is 0 Å². The summed E-state index contributed by atoms with van der Waals surface area (Å²) in [7, 11) is 0. The number of benzene rings is 1. The molecule has 2 rings (SSSR count). The lowest BCUT2D eigenvalue weighted by atomic mass is 10.1. The number of hydrogen-bond acceptors (Lipinski definition) is 3. The van der Waals surface area contributed by atoms with Gasteiger partial charge >= 0.3 is 6.18 Å². The first-order valence-electron chi connectivity index (χ1n) is 6.06. The number of carboxylic acid groups (broad SMARTS) is 1. The van der Waals surface area contributed by atoms with Crippen LogP contribution in [0.2, 0.25) is 0 Å². The van der Waals surface area contributed by atoms with Gasteiger partial charge in [-0.05, 0) is 6.92 Å². The van der Waals surface area contributed by atoms with Gasteiger partial charge in [-0.2, -0.15) is 13.2 Å². The van der Waals surface area contributed by atoms with Gasteiger partial charge in [-0.3, -0.25) is 0 Å². The van der Waals surface area contributed by atoms with Gasteiger partial charge in [0, 0.05) is 5.56 Å². The molecule has 0 aliphatic carbocycles. The molecule has 1 unspecified atom stereocenters. The second-order valence-electron chi connectivity index (χ2n) is 4.40. The molecule has 1 heterocycles. The van der Waals surface area contributed by atoms with Crippen LogP contribution in [-0.4, -0.2) is 31.9 Å². The van der Waals surface area contributed by atoms with Gasteiger partial charge in [0.2, 0.25) is 0 Å². The van der Waals surface area contributed by atoms with Gasteiger partial charge in [0.05, 0.1) is 13.2 Å². The number of nitrogens with two attached hydrogens (primary N) is 1. The lowest BCUT2D eigenvalue weighted by molar-refractivity contribution is -0.711. The highest BCUT2D eigenvalue weighted by Crippen LogP contribution is 2.12. The zero-order chi connectivity index (χ0) is 15.2. The maximum Gasteiger partial charge on any atom is 0.430 e. The first kappa shape index (κ1) is 16.5. The zero-order valence-corrected chi connectivity index (χ0v) is 10.9. The van der Waals surface area contributed by atoms with Crippen LogP contribution in [0.5, 0.6) is 0 Å². The Bertz CT molecular complexity index is 425. The summed E-state index contributed by atoms with van der Waals surface area (Å²) < 4.78 is 37.0. The Kier molecular flexibility index (Phi) is 5.97. The van der Waals surface area contributed by atoms with Gasteiger partial charge in [0.25, 0.3) is 0 Å². The van der Waals surface area contributed by atoms with Gasteiger partial charge in [0.1, 0.15) is 18.6 Å². The fraction of sp³-hybridized carbons (Fsp3) is 0.462. The Balaban J connectivity index is 0.000000246. The molecule has 1 saturated heterocycles. The lowest BCUT2D eigenvalue weighted by Crippen LogP contribution is -2.88. The number of aliphatic carboxylic acids is 1. The van der Waals surface area contributed by atoms with Crippen molar-refractivity contribution in [2.45, 2.75) is 19.1 Å². The first-order chi connectivity index (χ1) is 9.30. The van der Waals surface area contributed by atoms with Crippen LogP contribution < -0.4 is 10.4 Å². The summed E-state index contributed by atoms with van der Waals surface area (Å²) in [5, 5.41) is 11.1. The molecule has 4 nitrogen and oxygen atoms in total. The summed E-state index contributed by atoms with van der Waals surface area (Å²) in [6.45, 7) is 4.94. The van der Waals surface area contributed by atoms with Crippen molar-refractivity contribution in [3.05, 3.63) is 35.4 Å². The normalized spacial score (nSPS) is 18.9. The minimum absolute atomic E-state index is 0.509. The van der Waals surface area contributed by atoms with E-state index >= 15 is 0 Å². The van der Waals surface area contributed by atoms with Crippen LogP contribution in [0.3, 0.4) is 0 Å². The van der Waals surface area contributed by atoms with Crippen LogP contribution in [0.4, 0.5) is 13.2 Å². The molecule has 0 radical (unpaired) electrons. The van der Waals surface area contributed by atoms with E-state index in [-0.39, 0.29) is 0 Å². The molecule has 1 fully saturated rings. The third kappa shape index (κ3) is 5.58. The van der Waals surface area contributed by atoms with Crippen LogP contribution in [0, 0.1) is 6.92 Å². The highest BCUT2D eigenvalue weighted by Gasteiger charge is 2.28. The highest BCUT2D eigenvalue weighted by molar-refractivity contribution is 5.70. The van der Waals surface area contributed by atoms with E-state index in [0.717, 1.165) is 19.8 Å². The number of aryl methyl sites for hydroxylation is 1. The van der Waals surface area contributed by atoms with Gasteiger partial charge < -0.3 is 20.0 Å². The van der Waals surface area contributed by atoms with Crippen molar-refractivity contribution >= 4 is 5.97 Å². The summed E-state index contributed by atoms with van der Waals surface area (Å²) in [5.74, 6) is -3.01. The van der Waals surface area contributed by atoms with E-state index in [9.17, 15) is 13.2 Å². The first-order valence-corrected chi connectivity index (χ1v) is 6.06. The average molecular weight is 291 g/mol. The monoisotopic (exact) mass is 291 g/mol. The molecule has 0 saturated carbocycles. The third-order valence-corrected chi connectivity index (χ3v) is 2.75. The second kappa shape index (κ2) is 7.25. The quantitative estimate of drug-likeness (QED) is 0.787. The Morgan fingerprint density at radius 3 is 2.30 bits per heavy atom. The van der Waals surface area contributed by atoms with Crippen molar-refractivity contribution < 1.29 is 33.1 Å². The number of alkyl halides is 3. The van der Waals surface area contributed by atoms with E-state index < -0.39 is 12.1 Å². The molecule has 20 heavy (non-hydrogen) atoms. The molecule has 112 valence electrons. The second-order valence-corrected chi connectivity index (χ2v) is 4.40. The number of quaternary nitrogens is 1.